The fourth-order valence-electron chi connectivity index (χ4n) is 3.17. The van der Waals surface area contributed by atoms with Gasteiger partial charge in [0, 0.05) is 24.0 Å². The fraction of sp³-hybridized carbons (Fsp3) is 0.409. The van der Waals surface area contributed by atoms with Gasteiger partial charge in [-0.25, -0.2) is 0 Å². The molecule has 1 saturated heterocycles. The molecule has 144 valence electrons. The Balaban J connectivity index is 1.51. The molecule has 1 atom stereocenters. The van der Waals surface area contributed by atoms with Crippen LogP contribution in [0.5, 0.6) is 5.75 Å². The lowest BCUT2D eigenvalue weighted by atomic mass is 10.0. The van der Waals surface area contributed by atoms with Gasteiger partial charge in [-0.3, -0.25) is 4.79 Å². The van der Waals surface area contributed by atoms with Crippen molar-refractivity contribution < 1.29 is 14.3 Å². The fourth-order valence-corrected chi connectivity index (χ4v) is 3.17. The number of hydrogen-bond donors (Lipinski definition) is 2. The topological polar surface area (TPSA) is 59.6 Å². The van der Waals surface area contributed by atoms with E-state index in [0.717, 1.165) is 36.6 Å². The molecule has 27 heavy (non-hydrogen) atoms. The molecule has 5 heteroatoms. The van der Waals surface area contributed by atoms with Crippen molar-refractivity contribution in [3.63, 3.8) is 0 Å². The number of hydrogen-bond acceptors (Lipinski definition) is 4. The number of benzene rings is 2. The first kappa shape index (κ1) is 19.2. The van der Waals surface area contributed by atoms with E-state index in [1.165, 1.54) is 5.56 Å². The summed E-state index contributed by atoms with van der Waals surface area (Å²) in [5.74, 6) is 1.04. The number of amides is 1. The van der Waals surface area contributed by atoms with Crippen molar-refractivity contribution >= 4 is 17.3 Å². The van der Waals surface area contributed by atoms with Crippen LogP contribution in [-0.2, 0) is 9.53 Å². The van der Waals surface area contributed by atoms with E-state index in [2.05, 4.69) is 30.5 Å². The number of para-hydroxylation sites is 1. The highest BCUT2D eigenvalue weighted by molar-refractivity contribution is 5.94. The zero-order chi connectivity index (χ0) is 19.1. The molecule has 1 heterocycles. The average molecular weight is 368 g/mol. The Kier molecular flexibility index (Phi) is 6.71. The quantitative estimate of drug-likeness (QED) is 0.724. The van der Waals surface area contributed by atoms with Gasteiger partial charge in [-0.2, -0.15) is 0 Å². The summed E-state index contributed by atoms with van der Waals surface area (Å²) >= 11 is 0. The predicted octanol–water partition coefficient (Wildman–Crippen LogP) is 4.42. The van der Waals surface area contributed by atoms with Crippen molar-refractivity contribution in [2.45, 2.75) is 38.7 Å². The van der Waals surface area contributed by atoms with Gasteiger partial charge < -0.3 is 20.1 Å². The van der Waals surface area contributed by atoms with Gasteiger partial charge in [0.15, 0.2) is 0 Å². The minimum Gasteiger partial charge on any atom is -0.491 e. The first-order valence-electron chi connectivity index (χ1n) is 9.59. The van der Waals surface area contributed by atoms with E-state index in [1.54, 1.807) is 0 Å². The minimum absolute atomic E-state index is 0.0927. The van der Waals surface area contributed by atoms with Crippen LogP contribution in [0.4, 0.5) is 11.4 Å². The van der Waals surface area contributed by atoms with Crippen molar-refractivity contribution in [1.82, 2.24) is 0 Å². The summed E-state index contributed by atoms with van der Waals surface area (Å²) in [6.07, 6.45) is 2.31. The number of rotatable bonds is 8. The third kappa shape index (κ3) is 5.73. The number of nitrogens with one attached hydrogen (secondary N) is 2. The molecular formula is C22H28N2O3. The molecule has 1 aliphatic rings. The molecule has 0 bridgehead atoms. The van der Waals surface area contributed by atoms with Crippen LogP contribution < -0.4 is 15.4 Å². The van der Waals surface area contributed by atoms with Crippen LogP contribution in [0, 0.1) is 0 Å². The van der Waals surface area contributed by atoms with E-state index in [9.17, 15) is 4.79 Å². The highest BCUT2D eigenvalue weighted by atomic mass is 16.5. The smallest absolute Gasteiger partial charge is 0.243 e. The van der Waals surface area contributed by atoms with Gasteiger partial charge in [0.05, 0.1) is 12.6 Å². The highest BCUT2D eigenvalue weighted by Crippen LogP contribution is 2.23. The summed E-state index contributed by atoms with van der Waals surface area (Å²) in [4.78, 5) is 12.3. The van der Waals surface area contributed by atoms with Gasteiger partial charge >= 0.3 is 0 Å². The number of carbonyl (C=O) groups is 1. The summed E-state index contributed by atoms with van der Waals surface area (Å²) in [5, 5.41) is 6.15. The summed E-state index contributed by atoms with van der Waals surface area (Å²) in [5.41, 5.74) is 2.93. The molecule has 0 spiro atoms. The number of anilines is 2. The van der Waals surface area contributed by atoms with Gasteiger partial charge in [-0.1, -0.05) is 38.1 Å². The SMILES string of the molecule is CC(C)c1ccccc1NCC(=O)Nc1cccc(OCC2CCCO2)c1. The molecule has 3 rings (SSSR count). The van der Waals surface area contributed by atoms with E-state index in [1.807, 2.05) is 42.5 Å². The zero-order valence-corrected chi connectivity index (χ0v) is 16.0. The zero-order valence-electron chi connectivity index (χ0n) is 16.0. The van der Waals surface area contributed by atoms with Crippen molar-refractivity contribution in [1.29, 1.82) is 0 Å². The van der Waals surface area contributed by atoms with Crippen LogP contribution >= 0.6 is 0 Å². The largest absolute Gasteiger partial charge is 0.491 e. The third-order valence-corrected chi connectivity index (χ3v) is 4.60. The Morgan fingerprint density at radius 3 is 2.85 bits per heavy atom. The second-order valence-corrected chi connectivity index (χ2v) is 7.12. The lowest BCUT2D eigenvalue weighted by Gasteiger charge is -2.15. The normalized spacial score (nSPS) is 16.3. The van der Waals surface area contributed by atoms with Gasteiger partial charge in [-0.05, 0) is 42.5 Å². The second-order valence-electron chi connectivity index (χ2n) is 7.12. The van der Waals surface area contributed by atoms with Crippen LogP contribution in [0.25, 0.3) is 0 Å². The molecule has 2 aromatic rings. The Labute approximate surface area is 161 Å². The first-order valence-corrected chi connectivity index (χ1v) is 9.59. The third-order valence-electron chi connectivity index (χ3n) is 4.60. The molecule has 0 aromatic heterocycles. The molecule has 0 aliphatic carbocycles. The van der Waals surface area contributed by atoms with E-state index in [-0.39, 0.29) is 18.6 Å². The summed E-state index contributed by atoms with van der Waals surface area (Å²) in [6, 6.07) is 15.5. The Hall–Kier alpha value is -2.53. The van der Waals surface area contributed by atoms with Crippen LogP contribution in [0.2, 0.25) is 0 Å². The predicted molar refractivity (Wildman–Crippen MR) is 109 cm³/mol. The van der Waals surface area contributed by atoms with Crippen molar-refractivity contribution in [3.05, 3.63) is 54.1 Å². The standard InChI is InChI=1S/C22H28N2O3/c1-16(2)20-10-3-4-11-21(20)23-14-22(25)24-17-7-5-8-18(13-17)27-15-19-9-6-12-26-19/h3-5,7-8,10-11,13,16,19,23H,6,9,12,14-15H2,1-2H3,(H,24,25). The van der Waals surface area contributed by atoms with Gasteiger partial charge in [-0.15, -0.1) is 0 Å². The molecular weight excluding hydrogens is 340 g/mol. The molecule has 1 amide bonds. The molecule has 5 nitrogen and oxygen atoms in total. The second kappa shape index (κ2) is 9.42. The van der Waals surface area contributed by atoms with Crippen LogP contribution in [0.1, 0.15) is 38.2 Å². The number of carbonyl (C=O) groups excluding carboxylic acids is 1. The Morgan fingerprint density at radius 1 is 1.22 bits per heavy atom. The van der Waals surface area contributed by atoms with Crippen LogP contribution in [-0.4, -0.2) is 31.8 Å². The summed E-state index contributed by atoms with van der Waals surface area (Å²) in [6.45, 7) is 5.86. The molecule has 1 aliphatic heterocycles. The van der Waals surface area contributed by atoms with E-state index < -0.39 is 0 Å². The Bertz CT molecular complexity index is 755. The maximum atomic E-state index is 12.3. The lowest BCUT2D eigenvalue weighted by Crippen LogP contribution is -2.22. The maximum Gasteiger partial charge on any atom is 0.243 e. The van der Waals surface area contributed by atoms with Crippen LogP contribution in [0.15, 0.2) is 48.5 Å². The number of ether oxygens (including phenoxy) is 2. The molecule has 2 N–H and O–H groups in total. The average Bonchev–Trinajstić information content (AvgIpc) is 3.19. The summed E-state index contributed by atoms with van der Waals surface area (Å²) in [7, 11) is 0. The molecule has 2 aromatic carbocycles. The van der Waals surface area contributed by atoms with Gasteiger partial charge in [0.1, 0.15) is 12.4 Å². The summed E-state index contributed by atoms with van der Waals surface area (Å²) < 4.78 is 11.4. The minimum atomic E-state index is -0.0927. The van der Waals surface area contributed by atoms with E-state index in [0.29, 0.717) is 12.5 Å². The van der Waals surface area contributed by atoms with Crippen molar-refractivity contribution in [3.8, 4) is 5.75 Å². The maximum absolute atomic E-state index is 12.3. The lowest BCUT2D eigenvalue weighted by molar-refractivity contribution is -0.114. The van der Waals surface area contributed by atoms with E-state index >= 15 is 0 Å². The Morgan fingerprint density at radius 2 is 2.07 bits per heavy atom. The van der Waals surface area contributed by atoms with E-state index in [4.69, 9.17) is 9.47 Å². The van der Waals surface area contributed by atoms with Gasteiger partial charge in [0.2, 0.25) is 5.91 Å². The van der Waals surface area contributed by atoms with Crippen molar-refractivity contribution in [2.75, 3.05) is 30.4 Å². The monoisotopic (exact) mass is 368 g/mol. The van der Waals surface area contributed by atoms with Crippen molar-refractivity contribution in [2.24, 2.45) is 0 Å². The van der Waals surface area contributed by atoms with Gasteiger partial charge in [0.25, 0.3) is 0 Å². The van der Waals surface area contributed by atoms with Crippen LogP contribution in [0.3, 0.4) is 0 Å². The molecule has 1 unspecified atom stereocenters. The first-order chi connectivity index (χ1) is 13.1. The molecule has 0 saturated carbocycles. The highest BCUT2D eigenvalue weighted by Gasteiger charge is 2.16. The molecule has 1 fully saturated rings. The molecule has 0 radical (unpaired) electrons.